The molecule has 1 aliphatic carbocycles. The predicted molar refractivity (Wildman–Crippen MR) is 162 cm³/mol. The molecule has 2 aromatic rings. The van der Waals surface area contributed by atoms with Gasteiger partial charge >= 0.3 is 13.6 Å². The van der Waals surface area contributed by atoms with Gasteiger partial charge in [-0.1, -0.05) is 57.4 Å². The van der Waals surface area contributed by atoms with E-state index >= 15 is 0 Å². The molecule has 0 amide bonds. The van der Waals surface area contributed by atoms with E-state index in [0.29, 0.717) is 24.7 Å². The van der Waals surface area contributed by atoms with Crippen LogP contribution in [0.25, 0.3) is 0 Å². The Bertz CT molecular complexity index is 992. The lowest BCUT2D eigenvalue weighted by Crippen LogP contribution is -2.30. The summed E-state index contributed by atoms with van der Waals surface area (Å²) in [5.41, 5.74) is 2.30. The van der Waals surface area contributed by atoms with Crippen molar-refractivity contribution in [1.82, 2.24) is 0 Å². The minimum Gasteiger partial charge on any atom is -0.417 e. The smallest absolute Gasteiger partial charge is 0.417 e. The minimum absolute atomic E-state index is 0.129. The molecule has 0 spiro atoms. The quantitative estimate of drug-likeness (QED) is 0.176. The SMILES string of the molecule is CCCSP(=O)(OCC)Oc1ccc(C2(c3ccc(OP(=O)(OCC)SCCC)cc3)CCCCC2)cc1. The van der Waals surface area contributed by atoms with Crippen molar-refractivity contribution < 1.29 is 27.2 Å². The fourth-order valence-corrected chi connectivity index (χ4v) is 11.6. The van der Waals surface area contributed by atoms with Gasteiger partial charge in [-0.15, -0.1) is 0 Å². The number of rotatable bonds is 16. The molecule has 2 atom stereocenters. The van der Waals surface area contributed by atoms with Crippen LogP contribution in [0.5, 0.6) is 11.5 Å². The van der Waals surface area contributed by atoms with Gasteiger partial charge in [-0.25, -0.2) is 9.13 Å². The molecule has 10 heteroatoms. The summed E-state index contributed by atoms with van der Waals surface area (Å²) < 4.78 is 49.0. The van der Waals surface area contributed by atoms with Crippen molar-refractivity contribution >= 4 is 36.4 Å². The highest BCUT2D eigenvalue weighted by molar-refractivity contribution is 8.55. The Labute approximate surface area is 236 Å². The van der Waals surface area contributed by atoms with Crippen molar-refractivity contribution in [2.75, 3.05) is 24.7 Å². The van der Waals surface area contributed by atoms with Gasteiger partial charge in [-0.05, 0) is 97.7 Å². The fourth-order valence-electron chi connectivity index (χ4n) is 4.73. The summed E-state index contributed by atoms with van der Waals surface area (Å²) in [6, 6.07) is 16.0. The van der Waals surface area contributed by atoms with Crippen LogP contribution >= 0.6 is 36.4 Å². The molecule has 3 rings (SSSR count). The molecule has 212 valence electrons. The molecule has 1 saturated carbocycles. The Balaban J connectivity index is 1.83. The first-order valence-corrected chi connectivity index (χ1v) is 20.0. The number of benzene rings is 2. The molecule has 0 aliphatic heterocycles. The molecule has 0 aromatic heterocycles. The van der Waals surface area contributed by atoms with E-state index in [2.05, 4.69) is 24.3 Å². The van der Waals surface area contributed by atoms with E-state index in [0.717, 1.165) is 50.0 Å². The van der Waals surface area contributed by atoms with Gasteiger partial charge < -0.3 is 9.05 Å². The first kappa shape index (κ1) is 31.6. The number of hydrogen-bond acceptors (Lipinski definition) is 8. The molecular formula is C28H42O6P2S2. The van der Waals surface area contributed by atoms with Gasteiger partial charge in [0.15, 0.2) is 0 Å². The third kappa shape index (κ3) is 8.56. The molecule has 6 nitrogen and oxygen atoms in total. The van der Waals surface area contributed by atoms with E-state index in [9.17, 15) is 9.13 Å². The summed E-state index contributed by atoms with van der Waals surface area (Å²) in [5, 5.41) is 0. The van der Waals surface area contributed by atoms with E-state index in [1.807, 2.05) is 52.0 Å². The lowest BCUT2D eigenvalue weighted by molar-refractivity contribution is 0.295. The minimum atomic E-state index is -3.25. The van der Waals surface area contributed by atoms with Crippen LogP contribution in [0.15, 0.2) is 48.5 Å². The van der Waals surface area contributed by atoms with Gasteiger partial charge in [0.1, 0.15) is 11.5 Å². The summed E-state index contributed by atoms with van der Waals surface area (Å²) in [4.78, 5) is 0. The summed E-state index contributed by atoms with van der Waals surface area (Å²) in [6.45, 7) is 1.93. The van der Waals surface area contributed by atoms with Gasteiger partial charge in [0.25, 0.3) is 0 Å². The van der Waals surface area contributed by atoms with Crippen LogP contribution in [0.4, 0.5) is 0 Å². The Hall–Kier alpha value is -0.880. The van der Waals surface area contributed by atoms with Crippen molar-refractivity contribution in [3.8, 4) is 11.5 Å². The van der Waals surface area contributed by atoms with Crippen LogP contribution in [-0.4, -0.2) is 24.7 Å². The average Bonchev–Trinajstić information content (AvgIpc) is 2.92. The average molecular weight is 601 g/mol. The second-order valence-electron chi connectivity index (χ2n) is 9.27. The monoisotopic (exact) mass is 600 g/mol. The molecule has 0 bridgehead atoms. The molecule has 0 saturated heterocycles. The van der Waals surface area contributed by atoms with E-state index in [1.165, 1.54) is 40.3 Å². The normalized spacial score (nSPS) is 18.3. The second kappa shape index (κ2) is 15.2. The van der Waals surface area contributed by atoms with Crippen LogP contribution in [-0.2, 0) is 23.6 Å². The van der Waals surface area contributed by atoms with Crippen molar-refractivity contribution in [2.24, 2.45) is 0 Å². The predicted octanol–water partition coefficient (Wildman–Crippen LogP) is 10.3. The largest absolute Gasteiger partial charge is 0.440 e. The standard InChI is InChI=1S/C28H42O6P2S2/c1-5-22-37-35(29,31-7-3)33-26-16-12-24(13-17-26)28(20-10-9-11-21-28)25-14-18-27(19-15-25)34-36(30,32-8-4)38-23-6-2/h12-19H,5-11,20-23H2,1-4H3. The molecule has 38 heavy (non-hydrogen) atoms. The maximum absolute atomic E-state index is 13.1. The van der Waals surface area contributed by atoms with Crippen LogP contribution in [0.3, 0.4) is 0 Å². The lowest BCUT2D eigenvalue weighted by Gasteiger charge is -2.39. The van der Waals surface area contributed by atoms with Gasteiger partial charge in [-0.3, -0.25) is 9.05 Å². The molecule has 0 radical (unpaired) electrons. The maximum atomic E-state index is 13.1. The zero-order valence-corrected chi connectivity index (χ0v) is 26.5. The first-order valence-electron chi connectivity index (χ1n) is 13.7. The molecule has 2 aromatic carbocycles. The van der Waals surface area contributed by atoms with Crippen molar-refractivity contribution in [1.29, 1.82) is 0 Å². The van der Waals surface area contributed by atoms with Crippen LogP contribution in [0.1, 0.15) is 83.8 Å². The summed E-state index contributed by atoms with van der Waals surface area (Å²) in [5.74, 6) is 2.55. The first-order chi connectivity index (χ1) is 18.3. The van der Waals surface area contributed by atoms with E-state index < -0.39 is 13.6 Å². The van der Waals surface area contributed by atoms with Crippen LogP contribution < -0.4 is 9.05 Å². The fraction of sp³-hybridized carbons (Fsp3) is 0.571. The van der Waals surface area contributed by atoms with Crippen molar-refractivity contribution in [3.05, 3.63) is 59.7 Å². The summed E-state index contributed by atoms with van der Waals surface area (Å²) >= 11 is 2.51. The molecule has 1 fully saturated rings. The Kier molecular flexibility index (Phi) is 12.7. The van der Waals surface area contributed by atoms with E-state index in [1.54, 1.807) is 0 Å². The zero-order valence-electron chi connectivity index (χ0n) is 23.1. The van der Waals surface area contributed by atoms with Gasteiger partial charge in [0.2, 0.25) is 0 Å². The van der Waals surface area contributed by atoms with Crippen LogP contribution in [0, 0.1) is 0 Å². The highest BCUT2D eigenvalue weighted by atomic mass is 32.7. The molecule has 2 unspecified atom stereocenters. The van der Waals surface area contributed by atoms with Crippen LogP contribution in [0.2, 0.25) is 0 Å². The molecule has 0 heterocycles. The third-order valence-electron chi connectivity index (χ3n) is 6.44. The van der Waals surface area contributed by atoms with Gasteiger partial charge in [0, 0.05) is 16.9 Å². The van der Waals surface area contributed by atoms with E-state index in [-0.39, 0.29) is 5.41 Å². The Morgan fingerprint density at radius 1 is 0.658 bits per heavy atom. The number of hydrogen-bond donors (Lipinski definition) is 0. The third-order valence-corrected chi connectivity index (χ3v) is 14.3. The molecule has 0 N–H and O–H groups in total. The van der Waals surface area contributed by atoms with Gasteiger partial charge in [-0.2, -0.15) is 0 Å². The Morgan fingerprint density at radius 2 is 1.05 bits per heavy atom. The van der Waals surface area contributed by atoms with Crippen molar-refractivity contribution in [3.63, 3.8) is 0 Å². The Morgan fingerprint density at radius 3 is 1.39 bits per heavy atom. The second-order valence-corrected chi connectivity index (χ2v) is 17.5. The van der Waals surface area contributed by atoms with Crippen molar-refractivity contribution in [2.45, 2.75) is 78.1 Å². The highest BCUT2D eigenvalue weighted by Gasteiger charge is 2.36. The lowest BCUT2D eigenvalue weighted by atomic mass is 9.65. The molecular weight excluding hydrogens is 558 g/mol. The maximum Gasteiger partial charge on any atom is 0.440 e. The topological polar surface area (TPSA) is 71.1 Å². The highest BCUT2D eigenvalue weighted by Crippen LogP contribution is 2.61. The van der Waals surface area contributed by atoms with Gasteiger partial charge in [0.05, 0.1) is 13.2 Å². The summed E-state index contributed by atoms with van der Waals surface area (Å²) in [7, 11) is 0. The van der Waals surface area contributed by atoms with E-state index in [4.69, 9.17) is 18.1 Å². The summed E-state index contributed by atoms with van der Waals surface area (Å²) in [6.07, 6.45) is 7.41. The zero-order chi connectivity index (χ0) is 27.5. The molecule has 1 aliphatic rings.